The van der Waals surface area contributed by atoms with Gasteiger partial charge in [0.05, 0.1) is 6.54 Å². The van der Waals surface area contributed by atoms with Crippen molar-refractivity contribution in [2.24, 2.45) is 0 Å². The molecule has 1 rings (SSSR count). The first-order chi connectivity index (χ1) is 9.01. The van der Waals surface area contributed by atoms with Crippen LogP contribution in [0.15, 0.2) is 24.3 Å². The number of amides is 2. The van der Waals surface area contributed by atoms with E-state index in [9.17, 15) is 4.79 Å². The molecule has 0 saturated carbocycles. The topological polar surface area (TPSA) is 50.4 Å². The number of benzene rings is 1. The highest BCUT2D eigenvalue weighted by Crippen LogP contribution is 2.26. The summed E-state index contributed by atoms with van der Waals surface area (Å²) in [6, 6.07) is 7.26. The summed E-state index contributed by atoms with van der Waals surface area (Å²) >= 11 is 5.98. The molecule has 4 nitrogen and oxygen atoms in total. The van der Waals surface area contributed by atoms with Crippen molar-refractivity contribution in [3.05, 3.63) is 34.9 Å². The summed E-state index contributed by atoms with van der Waals surface area (Å²) < 4.78 is 5.53. The molecule has 0 spiro atoms. The van der Waals surface area contributed by atoms with Gasteiger partial charge in [-0.25, -0.2) is 4.79 Å². The van der Waals surface area contributed by atoms with Crippen LogP contribution in [-0.2, 0) is 10.3 Å². The molecular formula is C14H21ClN2O2. The number of nitrogens with one attached hydrogen (secondary N) is 2. The predicted octanol–water partition coefficient (Wildman–Crippen LogP) is 2.91. The minimum Gasteiger partial charge on any atom is -0.372 e. The first-order valence-electron chi connectivity index (χ1n) is 6.34. The number of halogens is 1. The molecule has 1 aromatic carbocycles. The van der Waals surface area contributed by atoms with E-state index in [0.717, 1.165) is 12.0 Å². The number of urea groups is 1. The Balaban J connectivity index is 2.68. The maximum atomic E-state index is 11.6. The fourth-order valence-corrected chi connectivity index (χ4v) is 1.85. The van der Waals surface area contributed by atoms with E-state index in [-0.39, 0.29) is 6.03 Å². The lowest BCUT2D eigenvalue weighted by molar-refractivity contribution is 0.00489. The van der Waals surface area contributed by atoms with Crippen molar-refractivity contribution in [2.45, 2.75) is 25.9 Å². The molecule has 2 amide bonds. The van der Waals surface area contributed by atoms with Crippen LogP contribution in [0.4, 0.5) is 4.79 Å². The van der Waals surface area contributed by atoms with Crippen molar-refractivity contribution in [1.29, 1.82) is 0 Å². The van der Waals surface area contributed by atoms with Gasteiger partial charge in [-0.3, -0.25) is 0 Å². The minimum atomic E-state index is -0.603. The van der Waals surface area contributed by atoms with E-state index in [4.69, 9.17) is 16.3 Å². The highest BCUT2D eigenvalue weighted by molar-refractivity contribution is 6.30. The van der Waals surface area contributed by atoms with Gasteiger partial charge < -0.3 is 15.4 Å². The monoisotopic (exact) mass is 284 g/mol. The fraction of sp³-hybridized carbons (Fsp3) is 0.500. The van der Waals surface area contributed by atoms with E-state index in [1.54, 1.807) is 7.11 Å². The number of hydrogen-bond donors (Lipinski definition) is 2. The molecule has 0 aliphatic carbocycles. The maximum Gasteiger partial charge on any atom is 0.314 e. The highest BCUT2D eigenvalue weighted by atomic mass is 35.5. The SMILES string of the molecule is CCCNC(=O)NCC(C)(OC)c1cccc(Cl)c1. The van der Waals surface area contributed by atoms with Crippen LogP contribution in [0.3, 0.4) is 0 Å². The summed E-state index contributed by atoms with van der Waals surface area (Å²) in [5.74, 6) is 0. The van der Waals surface area contributed by atoms with E-state index in [0.29, 0.717) is 18.1 Å². The van der Waals surface area contributed by atoms with Crippen LogP contribution in [-0.4, -0.2) is 26.2 Å². The molecule has 1 aromatic rings. The smallest absolute Gasteiger partial charge is 0.314 e. The molecule has 0 heterocycles. The number of carbonyl (C=O) groups excluding carboxylic acids is 1. The molecule has 0 radical (unpaired) electrons. The lowest BCUT2D eigenvalue weighted by atomic mass is 9.96. The highest BCUT2D eigenvalue weighted by Gasteiger charge is 2.27. The normalized spacial score (nSPS) is 13.7. The second kappa shape index (κ2) is 7.36. The van der Waals surface area contributed by atoms with Gasteiger partial charge in [0.1, 0.15) is 5.60 Å². The van der Waals surface area contributed by atoms with E-state index < -0.39 is 5.60 Å². The number of hydrogen-bond acceptors (Lipinski definition) is 2. The molecule has 0 aromatic heterocycles. The summed E-state index contributed by atoms with van der Waals surface area (Å²) in [7, 11) is 1.62. The molecule has 106 valence electrons. The second-order valence-corrected chi connectivity index (χ2v) is 4.99. The van der Waals surface area contributed by atoms with Gasteiger partial charge in [0.15, 0.2) is 0 Å². The lowest BCUT2D eigenvalue weighted by Gasteiger charge is -2.29. The third-order valence-corrected chi connectivity index (χ3v) is 3.24. The van der Waals surface area contributed by atoms with Crippen molar-refractivity contribution in [3.8, 4) is 0 Å². The second-order valence-electron chi connectivity index (χ2n) is 4.55. The van der Waals surface area contributed by atoms with Crippen LogP contribution < -0.4 is 10.6 Å². The van der Waals surface area contributed by atoms with Crippen molar-refractivity contribution < 1.29 is 9.53 Å². The zero-order chi connectivity index (χ0) is 14.3. The maximum absolute atomic E-state index is 11.6. The van der Waals surface area contributed by atoms with Gasteiger partial charge in [-0.05, 0) is 31.0 Å². The Morgan fingerprint density at radius 1 is 1.42 bits per heavy atom. The first-order valence-corrected chi connectivity index (χ1v) is 6.72. The van der Waals surface area contributed by atoms with Crippen LogP contribution in [0.5, 0.6) is 0 Å². The molecule has 0 aliphatic heterocycles. The largest absolute Gasteiger partial charge is 0.372 e. The molecule has 2 N–H and O–H groups in total. The van der Waals surface area contributed by atoms with E-state index >= 15 is 0 Å². The van der Waals surface area contributed by atoms with Gasteiger partial charge in [-0.1, -0.05) is 30.7 Å². The molecule has 0 fully saturated rings. The van der Waals surface area contributed by atoms with E-state index in [1.807, 2.05) is 38.1 Å². The molecule has 0 saturated heterocycles. The summed E-state index contributed by atoms with van der Waals surface area (Å²) in [4.78, 5) is 11.6. The minimum absolute atomic E-state index is 0.188. The Bertz CT molecular complexity index is 426. The van der Waals surface area contributed by atoms with Gasteiger partial charge in [0.25, 0.3) is 0 Å². The summed E-state index contributed by atoms with van der Waals surface area (Å²) in [6.07, 6.45) is 0.906. The number of rotatable bonds is 6. The summed E-state index contributed by atoms with van der Waals surface area (Å²) in [5.41, 5.74) is 0.326. The van der Waals surface area contributed by atoms with Crippen LogP contribution in [0, 0.1) is 0 Å². The van der Waals surface area contributed by atoms with Gasteiger partial charge in [-0.2, -0.15) is 0 Å². The Morgan fingerprint density at radius 2 is 2.16 bits per heavy atom. The van der Waals surface area contributed by atoms with Crippen LogP contribution in [0.25, 0.3) is 0 Å². The van der Waals surface area contributed by atoms with E-state index in [1.165, 1.54) is 0 Å². The lowest BCUT2D eigenvalue weighted by Crippen LogP contribution is -2.44. The van der Waals surface area contributed by atoms with E-state index in [2.05, 4.69) is 10.6 Å². The van der Waals surface area contributed by atoms with Gasteiger partial charge in [0, 0.05) is 18.7 Å². The van der Waals surface area contributed by atoms with Crippen LogP contribution in [0.2, 0.25) is 5.02 Å². The molecule has 19 heavy (non-hydrogen) atoms. The first kappa shape index (κ1) is 15.8. The number of carbonyl (C=O) groups is 1. The van der Waals surface area contributed by atoms with Gasteiger partial charge in [-0.15, -0.1) is 0 Å². The average molecular weight is 285 g/mol. The zero-order valence-corrected chi connectivity index (χ0v) is 12.4. The molecular weight excluding hydrogens is 264 g/mol. The van der Waals surface area contributed by atoms with Crippen molar-refractivity contribution >= 4 is 17.6 Å². The Morgan fingerprint density at radius 3 is 2.74 bits per heavy atom. The summed E-state index contributed by atoms with van der Waals surface area (Å²) in [6.45, 7) is 4.95. The molecule has 0 aliphatic rings. The predicted molar refractivity (Wildman–Crippen MR) is 77.5 cm³/mol. The quantitative estimate of drug-likeness (QED) is 0.844. The zero-order valence-electron chi connectivity index (χ0n) is 11.6. The fourth-order valence-electron chi connectivity index (χ4n) is 1.66. The third kappa shape index (κ3) is 4.73. The number of ether oxygens (including phenoxy) is 1. The van der Waals surface area contributed by atoms with Crippen molar-refractivity contribution in [1.82, 2.24) is 10.6 Å². The van der Waals surface area contributed by atoms with Crippen molar-refractivity contribution in [3.63, 3.8) is 0 Å². The molecule has 0 bridgehead atoms. The standard InChI is InChI=1S/C14H21ClN2O2/c1-4-8-16-13(18)17-10-14(2,19-3)11-6-5-7-12(15)9-11/h5-7,9H,4,8,10H2,1-3H3,(H2,16,17,18). The molecule has 1 atom stereocenters. The molecule has 1 unspecified atom stereocenters. The van der Waals surface area contributed by atoms with Gasteiger partial charge >= 0.3 is 6.03 Å². The third-order valence-electron chi connectivity index (χ3n) is 3.01. The van der Waals surface area contributed by atoms with Crippen molar-refractivity contribution in [2.75, 3.05) is 20.2 Å². The Kier molecular flexibility index (Phi) is 6.12. The number of methoxy groups -OCH3 is 1. The van der Waals surface area contributed by atoms with Gasteiger partial charge in [0.2, 0.25) is 0 Å². The molecule has 5 heteroatoms. The Labute approximate surface area is 119 Å². The summed E-state index contributed by atoms with van der Waals surface area (Å²) in [5, 5.41) is 6.22. The Hall–Kier alpha value is -1.26. The van der Waals surface area contributed by atoms with Crippen LogP contribution in [0.1, 0.15) is 25.8 Å². The average Bonchev–Trinajstić information content (AvgIpc) is 2.42. The van der Waals surface area contributed by atoms with Crippen LogP contribution >= 0.6 is 11.6 Å².